The predicted molar refractivity (Wildman–Crippen MR) is 110 cm³/mol. The number of hydrazine groups is 1. The number of rotatable bonds is 8. The van der Waals surface area contributed by atoms with Crippen molar-refractivity contribution in [3.63, 3.8) is 0 Å². The Kier molecular flexibility index (Phi) is 8.36. The lowest BCUT2D eigenvalue weighted by atomic mass is 10.2. The molecule has 31 heavy (non-hydrogen) atoms. The number of alkyl carbamates (subject to hydrolysis) is 1. The van der Waals surface area contributed by atoms with Gasteiger partial charge in [-0.3, -0.25) is 15.0 Å². The topological polar surface area (TPSA) is 143 Å². The van der Waals surface area contributed by atoms with Crippen LogP contribution in [0.15, 0.2) is 30.3 Å². The fraction of sp³-hybridized carbons (Fsp3) is 0.526. The van der Waals surface area contributed by atoms with Crippen molar-refractivity contribution in [3.8, 4) is 0 Å². The van der Waals surface area contributed by atoms with Crippen LogP contribution in [0.5, 0.6) is 0 Å². The number of amides is 2. The third kappa shape index (κ3) is 8.15. The van der Waals surface area contributed by atoms with Gasteiger partial charge in [-0.25, -0.2) is 4.79 Å². The summed E-state index contributed by atoms with van der Waals surface area (Å²) < 4.78 is 36.2. The Balaban J connectivity index is 1.83. The van der Waals surface area contributed by atoms with E-state index in [0.29, 0.717) is 12.8 Å². The second-order valence-corrected chi connectivity index (χ2v) is 9.50. The Morgan fingerprint density at radius 2 is 1.84 bits per heavy atom. The molecule has 1 aromatic rings. The van der Waals surface area contributed by atoms with Crippen molar-refractivity contribution >= 4 is 28.2 Å². The molecule has 1 heterocycles. The Morgan fingerprint density at radius 3 is 2.48 bits per heavy atom. The van der Waals surface area contributed by atoms with Crippen molar-refractivity contribution in [1.82, 2.24) is 19.9 Å². The number of hydrogen-bond donors (Lipinski definition) is 3. The van der Waals surface area contributed by atoms with E-state index in [1.807, 2.05) is 16.3 Å². The van der Waals surface area contributed by atoms with Crippen LogP contribution in [-0.4, -0.2) is 55.4 Å². The lowest BCUT2D eigenvalue weighted by molar-refractivity contribution is -0.148. The molecule has 1 fully saturated rings. The minimum absolute atomic E-state index is 0.0323. The first-order chi connectivity index (χ1) is 14.5. The van der Waals surface area contributed by atoms with Crippen molar-refractivity contribution in [2.75, 3.05) is 13.1 Å². The Bertz CT molecular complexity index is 884. The van der Waals surface area contributed by atoms with Crippen LogP contribution in [-0.2, 0) is 35.9 Å². The van der Waals surface area contributed by atoms with Crippen LogP contribution in [0, 0.1) is 0 Å². The van der Waals surface area contributed by atoms with Gasteiger partial charge in [0.15, 0.2) is 0 Å². The molecule has 0 unspecified atom stereocenters. The van der Waals surface area contributed by atoms with Crippen molar-refractivity contribution in [2.24, 2.45) is 0 Å². The number of carbonyl (C=O) groups is 3. The van der Waals surface area contributed by atoms with Crippen molar-refractivity contribution in [3.05, 3.63) is 35.9 Å². The van der Waals surface area contributed by atoms with Gasteiger partial charge in [0.2, 0.25) is 0 Å². The first kappa shape index (κ1) is 24.6. The van der Waals surface area contributed by atoms with Crippen molar-refractivity contribution in [1.29, 1.82) is 0 Å². The molecule has 172 valence electrons. The van der Waals surface area contributed by atoms with Gasteiger partial charge in [-0.2, -0.15) is 12.7 Å². The van der Waals surface area contributed by atoms with E-state index in [1.165, 1.54) is 0 Å². The summed E-state index contributed by atoms with van der Waals surface area (Å²) in [4.78, 5) is 37.7. The molecule has 1 aromatic carbocycles. The van der Waals surface area contributed by atoms with Gasteiger partial charge in [0.1, 0.15) is 24.8 Å². The van der Waals surface area contributed by atoms with E-state index in [1.54, 1.807) is 45.0 Å². The van der Waals surface area contributed by atoms with Crippen LogP contribution in [0.25, 0.3) is 0 Å². The quantitative estimate of drug-likeness (QED) is 0.384. The second-order valence-electron chi connectivity index (χ2n) is 7.87. The molecule has 11 nitrogen and oxygen atoms in total. The molecule has 2 amide bonds. The molecule has 0 spiro atoms. The van der Waals surface area contributed by atoms with Crippen molar-refractivity contribution in [2.45, 2.75) is 51.9 Å². The van der Waals surface area contributed by atoms with Crippen LogP contribution in [0.4, 0.5) is 4.79 Å². The summed E-state index contributed by atoms with van der Waals surface area (Å²) in [6, 6.07) is 8.04. The van der Waals surface area contributed by atoms with Gasteiger partial charge in [0.05, 0.1) is 0 Å². The molecule has 0 aliphatic carbocycles. The average Bonchev–Trinajstić information content (AvgIpc) is 3.19. The van der Waals surface area contributed by atoms with Gasteiger partial charge in [-0.15, -0.1) is 4.83 Å². The normalized spacial score (nSPS) is 17.1. The molecule has 0 saturated carbocycles. The molecule has 1 aliphatic heterocycles. The predicted octanol–water partition coefficient (Wildman–Crippen LogP) is 0.585. The molecule has 1 atom stereocenters. The summed E-state index contributed by atoms with van der Waals surface area (Å²) in [6.07, 6.45) is -0.0330. The number of nitrogens with one attached hydrogen (secondary N) is 3. The molecule has 0 radical (unpaired) electrons. The Morgan fingerprint density at radius 1 is 1.16 bits per heavy atom. The summed E-state index contributed by atoms with van der Waals surface area (Å²) in [5, 5.41) is 2.21. The van der Waals surface area contributed by atoms with Gasteiger partial charge < -0.3 is 14.8 Å². The zero-order valence-electron chi connectivity index (χ0n) is 17.7. The van der Waals surface area contributed by atoms with E-state index in [2.05, 4.69) is 5.32 Å². The van der Waals surface area contributed by atoms with E-state index >= 15 is 0 Å². The van der Waals surface area contributed by atoms with Gasteiger partial charge in [0, 0.05) is 6.54 Å². The number of hydrogen-bond acceptors (Lipinski definition) is 7. The standard InChI is InChI=1S/C19H28N4O7S/c1-19(2,3)30-18(26)20-12-16(24)21-22-31(27,28)23-11-7-10-15(23)17(25)29-13-14-8-5-4-6-9-14/h4-6,8-9,15,22H,7,10-13H2,1-3H3,(H,20,26)(H,21,24)/t15-/m0/s1. The largest absolute Gasteiger partial charge is 0.460 e. The zero-order chi connectivity index (χ0) is 23.1. The fourth-order valence-electron chi connectivity index (χ4n) is 2.78. The third-order valence-corrected chi connectivity index (χ3v) is 5.53. The highest BCUT2D eigenvalue weighted by atomic mass is 32.2. The molecule has 2 rings (SSSR count). The van der Waals surface area contributed by atoms with Crippen LogP contribution in [0.2, 0.25) is 0 Å². The number of ether oxygens (including phenoxy) is 2. The summed E-state index contributed by atoms with van der Waals surface area (Å²) in [7, 11) is -4.19. The monoisotopic (exact) mass is 456 g/mol. The van der Waals surface area contributed by atoms with Crippen LogP contribution in [0.3, 0.4) is 0 Å². The number of nitrogens with zero attached hydrogens (tertiary/aromatic N) is 1. The summed E-state index contributed by atoms with van der Waals surface area (Å²) in [5.41, 5.74) is 2.04. The van der Waals surface area contributed by atoms with Gasteiger partial charge >= 0.3 is 12.1 Å². The van der Waals surface area contributed by atoms with E-state index in [9.17, 15) is 22.8 Å². The van der Waals surface area contributed by atoms with Crippen LogP contribution >= 0.6 is 0 Å². The lowest BCUT2D eigenvalue weighted by Crippen LogP contribution is -2.54. The number of benzene rings is 1. The minimum atomic E-state index is -4.19. The Hall–Kier alpha value is -2.70. The molecular formula is C19H28N4O7S. The highest BCUT2D eigenvalue weighted by molar-refractivity contribution is 7.87. The average molecular weight is 457 g/mol. The Labute approximate surface area is 181 Å². The van der Waals surface area contributed by atoms with E-state index in [0.717, 1.165) is 9.87 Å². The maximum Gasteiger partial charge on any atom is 0.408 e. The maximum atomic E-state index is 12.5. The molecule has 1 aliphatic rings. The number of esters is 1. The summed E-state index contributed by atoms with van der Waals surface area (Å²) >= 11 is 0. The molecule has 3 N–H and O–H groups in total. The van der Waals surface area contributed by atoms with E-state index in [-0.39, 0.29) is 13.2 Å². The fourth-order valence-corrected chi connectivity index (χ4v) is 4.04. The molecule has 0 aromatic heterocycles. The molecular weight excluding hydrogens is 428 g/mol. The zero-order valence-corrected chi connectivity index (χ0v) is 18.5. The van der Waals surface area contributed by atoms with Gasteiger partial charge in [-0.05, 0) is 39.2 Å². The SMILES string of the molecule is CC(C)(C)OC(=O)NCC(=O)NNS(=O)(=O)N1CCC[C@H]1C(=O)OCc1ccccc1. The lowest BCUT2D eigenvalue weighted by Gasteiger charge is -2.23. The van der Waals surface area contributed by atoms with E-state index in [4.69, 9.17) is 9.47 Å². The summed E-state index contributed by atoms with van der Waals surface area (Å²) in [5.74, 6) is -1.47. The molecule has 12 heteroatoms. The molecule has 0 bridgehead atoms. The highest BCUT2D eigenvalue weighted by Gasteiger charge is 2.40. The van der Waals surface area contributed by atoms with E-state index < -0.39 is 46.4 Å². The molecule has 1 saturated heterocycles. The number of carbonyl (C=O) groups excluding carboxylic acids is 3. The smallest absolute Gasteiger partial charge is 0.408 e. The maximum absolute atomic E-state index is 12.5. The second kappa shape index (κ2) is 10.6. The first-order valence-corrected chi connectivity index (χ1v) is 11.2. The van der Waals surface area contributed by atoms with Crippen molar-refractivity contribution < 1.29 is 32.3 Å². The first-order valence-electron chi connectivity index (χ1n) is 9.73. The third-order valence-electron chi connectivity index (χ3n) is 4.12. The summed E-state index contributed by atoms with van der Waals surface area (Å²) in [6.45, 7) is 4.63. The highest BCUT2D eigenvalue weighted by Crippen LogP contribution is 2.21. The van der Waals surface area contributed by atoms with Gasteiger partial charge in [0.25, 0.3) is 16.1 Å². The minimum Gasteiger partial charge on any atom is -0.460 e. The van der Waals surface area contributed by atoms with Crippen LogP contribution in [0.1, 0.15) is 39.2 Å². The van der Waals surface area contributed by atoms with Gasteiger partial charge in [-0.1, -0.05) is 30.3 Å². The van der Waals surface area contributed by atoms with Crippen LogP contribution < -0.4 is 15.6 Å².